The van der Waals surface area contributed by atoms with E-state index in [1.54, 1.807) is 16.8 Å². The second-order valence-corrected chi connectivity index (χ2v) is 4.54. The monoisotopic (exact) mass is 232 g/mol. The van der Waals surface area contributed by atoms with Gasteiger partial charge in [0.15, 0.2) is 0 Å². The third-order valence-electron chi connectivity index (χ3n) is 2.85. The SMILES string of the molecule is NC(c1cscn1)c1cccc2c1OCC2. The molecule has 1 unspecified atom stereocenters. The highest BCUT2D eigenvalue weighted by Crippen LogP contribution is 2.34. The zero-order valence-electron chi connectivity index (χ0n) is 8.72. The van der Waals surface area contributed by atoms with Crippen LogP contribution in [0.25, 0.3) is 0 Å². The molecular weight excluding hydrogens is 220 g/mol. The molecule has 1 aromatic carbocycles. The summed E-state index contributed by atoms with van der Waals surface area (Å²) in [6.45, 7) is 0.760. The van der Waals surface area contributed by atoms with Crippen LogP contribution < -0.4 is 10.5 Å². The van der Waals surface area contributed by atoms with Crippen molar-refractivity contribution in [3.63, 3.8) is 0 Å². The number of hydrogen-bond donors (Lipinski definition) is 1. The van der Waals surface area contributed by atoms with Crippen LogP contribution in [0.15, 0.2) is 29.1 Å². The summed E-state index contributed by atoms with van der Waals surface area (Å²) in [4.78, 5) is 4.26. The molecule has 1 aliphatic rings. The van der Waals surface area contributed by atoms with E-state index in [0.717, 1.165) is 30.0 Å². The molecule has 3 rings (SSSR count). The zero-order chi connectivity index (χ0) is 11.0. The molecule has 2 heterocycles. The van der Waals surface area contributed by atoms with Crippen molar-refractivity contribution in [3.8, 4) is 5.75 Å². The van der Waals surface area contributed by atoms with Crippen LogP contribution in [-0.2, 0) is 6.42 Å². The van der Waals surface area contributed by atoms with E-state index in [0.29, 0.717) is 0 Å². The Morgan fingerprint density at radius 2 is 2.38 bits per heavy atom. The molecule has 1 aliphatic heterocycles. The Balaban J connectivity index is 2.04. The fourth-order valence-corrected chi connectivity index (χ4v) is 2.61. The maximum absolute atomic E-state index is 6.20. The number of ether oxygens (including phenoxy) is 1. The average Bonchev–Trinajstić information content (AvgIpc) is 2.98. The van der Waals surface area contributed by atoms with Gasteiger partial charge in [0.05, 0.1) is 23.9 Å². The Hall–Kier alpha value is -1.39. The van der Waals surface area contributed by atoms with Crippen LogP contribution in [0.3, 0.4) is 0 Å². The molecule has 0 bridgehead atoms. The van der Waals surface area contributed by atoms with Gasteiger partial charge in [-0.25, -0.2) is 4.98 Å². The maximum Gasteiger partial charge on any atom is 0.127 e. The number of nitrogens with two attached hydrogens (primary N) is 1. The number of nitrogens with zero attached hydrogens (tertiary/aromatic N) is 1. The number of thiazole rings is 1. The van der Waals surface area contributed by atoms with E-state index >= 15 is 0 Å². The van der Waals surface area contributed by atoms with Gasteiger partial charge in [-0.05, 0) is 5.56 Å². The summed E-state index contributed by atoms with van der Waals surface area (Å²) in [7, 11) is 0. The van der Waals surface area contributed by atoms with Crippen molar-refractivity contribution in [1.29, 1.82) is 0 Å². The Labute approximate surface area is 97.9 Å². The summed E-state index contributed by atoms with van der Waals surface area (Å²) in [5.41, 5.74) is 11.2. The van der Waals surface area contributed by atoms with Gasteiger partial charge in [0.25, 0.3) is 0 Å². The minimum absolute atomic E-state index is 0.181. The molecule has 4 heteroatoms. The molecule has 82 valence electrons. The molecule has 0 spiro atoms. The number of fused-ring (bicyclic) bond motifs is 1. The van der Waals surface area contributed by atoms with Gasteiger partial charge in [0.1, 0.15) is 5.75 Å². The van der Waals surface area contributed by atoms with Crippen LogP contribution in [0.5, 0.6) is 5.75 Å². The van der Waals surface area contributed by atoms with E-state index in [9.17, 15) is 0 Å². The number of rotatable bonds is 2. The predicted molar refractivity (Wildman–Crippen MR) is 63.8 cm³/mol. The van der Waals surface area contributed by atoms with Crippen molar-refractivity contribution in [1.82, 2.24) is 4.98 Å². The van der Waals surface area contributed by atoms with Crippen molar-refractivity contribution < 1.29 is 4.74 Å². The lowest BCUT2D eigenvalue weighted by Crippen LogP contribution is -2.13. The standard InChI is InChI=1S/C12H12N2OS/c13-11(10-6-16-7-14-10)9-3-1-2-8-4-5-15-12(8)9/h1-3,6-7,11H,4-5,13H2. The van der Waals surface area contributed by atoms with Crippen LogP contribution in [-0.4, -0.2) is 11.6 Å². The van der Waals surface area contributed by atoms with Gasteiger partial charge in [-0.3, -0.25) is 0 Å². The average molecular weight is 232 g/mol. The lowest BCUT2D eigenvalue weighted by atomic mass is 10.0. The number of hydrogen-bond acceptors (Lipinski definition) is 4. The first kappa shape index (κ1) is 9.81. The first-order chi connectivity index (χ1) is 7.86. The third kappa shape index (κ3) is 1.50. The van der Waals surface area contributed by atoms with Gasteiger partial charge in [0, 0.05) is 17.4 Å². The van der Waals surface area contributed by atoms with Crippen molar-refractivity contribution in [2.45, 2.75) is 12.5 Å². The minimum atomic E-state index is -0.181. The van der Waals surface area contributed by atoms with Crippen LogP contribution in [0.2, 0.25) is 0 Å². The van der Waals surface area contributed by atoms with Gasteiger partial charge >= 0.3 is 0 Å². The van der Waals surface area contributed by atoms with E-state index in [2.05, 4.69) is 11.1 Å². The van der Waals surface area contributed by atoms with Crippen molar-refractivity contribution >= 4 is 11.3 Å². The van der Waals surface area contributed by atoms with Crippen LogP contribution in [0.1, 0.15) is 22.9 Å². The highest BCUT2D eigenvalue weighted by Gasteiger charge is 2.21. The summed E-state index contributed by atoms with van der Waals surface area (Å²) in [5.74, 6) is 0.961. The lowest BCUT2D eigenvalue weighted by Gasteiger charge is -2.13. The number of benzene rings is 1. The second kappa shape index (κ2) is 3.88. The highest BCUT2D eigenvalue weighted by atomic mass is 32.1. The van der Waals surface area contributed by atoms with Crippen molar-refractivity contribution in [3.05, 3.63) is 45.9 Å². The molecule has 0 aliphatic carbocycles. The topological polar surface area (TPSA) is 48.1 Å². The van der Waals surface area contributed by atoms with Gasteiger partial charge in [-0.1, -0.05) is 18.2 Å². The van der Waals surface area contributed by atoms with Gasteiger partial charge in [-0.15, -0.1) is 11.3 Å². The summed E-state index contributed by atoms with van der Waals surface area (Å²) >= 11 is 1.56. The quantitative estimate of drug-likeness (QED) is 0.862. The molecule has 16 heavy (non-hydrogen) atoms. The maximum atomic E-state index is 6.20. The van der Waals surface area contributed by atoms with Gasteiger partial charge < -0.3 is 10.5 Å². The minimum Gasteiger partial charge on any atom is -0.493 e. The molecular formula is C12H12N2OS. The van der Waals surface area contributed by atoms with Crippen molar-refractivity contribution in [2.24, 2.45) is 5.73 Å². The third-order valence-corrected chi connectivity index (χ3v) is 3.45. The van der Waals surface area contributed by atoms with E-state index < -0.39 is 0 Å². The second-order valence-electron chi connectivity index (χ2n) is 3.82. The Morgan fingerprint density at radius 1 is 1.44 bits per heavy atom. The summed E-state index contributed by atoms with van der Waals surface area (Å²) in [5, 5.41) is 1.99. The Bertz CT molecular complexity index is 496. The molecule has 1 aromatic heterocycles. The Kier molecular flexibility index (Phi) is 2.38. The molecule has 3 nitrogen and oxygen atoms in total. The van der Waals surface area contributed by atoms with Crippen molar-refractivity contribution in [2.75, 3.05) is 6.61 Å². The molecule has 2 aromatic rings. The van der Waals surface area contributed by atoms with Gasteiger partial charge in [0.2, 0.25) is 0 Å². The van der Waals surface area contributed by atoms with Crippen LogP contribution in [0.4, 0.5) is 0 Å². The fourth-order valence-electron chi connectivity index (χ4n) is 2.02. The fraction of sp³-hybridized carbons (Fsp3) is 0.250. The predicted octanol–water partition coefficient (Wildman–Crippen LogP) is 2.13. The molecule has 2 N–H and O–H groups in total. The molecule has 0 amide bonds. The number of para-hydroxylation sites is 1. The first-order valence-corrected chi connectivity index (χ1v) is 6.19. The smallest absolute Gasteiger partial charge is 0.127 e. The molecule has 0 fully saturated rings. The highest BCUT2D eigenvalue weighted by molar-refractivity contribution is 7.07. The Morgan fingerprint density at radius 3 is 3.19 bits per heavy atom. The molecule has 0 saturated heterocycles. The summed E-state index contributed by atoms with van der Waals surface area (Å²) in [6, 6.07) is 5.97. The van der Waals surface area contributed by atoms with E-state index in [-0.39, 0.29) is 6.04 Å². The van der Waals surface area contributed by atoms with E-state index in [1.165, 1.54) is 5.56 Å². The summed E-state index contributed by atoms with van der Waals surface area (Å²) < 4.78 is 5.64. The summed E-state index contributed by atoms with van der Waals surface area (Å²) in [6.07, 6.45) is 0.979. The molecule has 0 radical (unpaired) electrons. The zero-order valence-corrected chi connectivity index (χ0v) is 9.54. The van der Waals surface area contributed by atoms with E-state index in [4.69, 9.17) is 10.5 Å². The largest absolute Gasteiger partial charge is 0.493 e. The lowest BCUT2D eigenvalue weighted by molar-refractivity contribution is 0.352. The first-order valence-electron chi connectivity index (χ1n) is 5.24. The van der Waals surface area contributed by atoms with Gasteiger partial charge in [-0.2, -0.15) is 0 Å². The molecule has 0 saturated carbocycles. The molecule has 1 atom stereocenters. The normalized spacial score (nSPS) is 15.6. The number of aromatic nitrogens is 1. The van der Waals surface area contributed by atoms with E-state index in [1.807, 2.05) is 17.5 Å². The van der Waals surface area contributed by atoms with Crippen LogP contribution >= 0.6 is 11.3 Å². The van der Waals surface area contributed by atoms with Crippen LogP contribution in [0, 0.1) is 0 Å².